The molecule has 3 heterocycles. The minimum Gasteiger partial charge on any atom is -0.346 e. The molecule has 9 heteroatoms. The van der Waals surface area contributed by atoms with Crippen molar-refractivity contribution in [2.24, 2.45) is 0 Å². The third-order valence-electron chi connectivity index (χ3n) is 4.48. The number of aromatic nitrogens is 4. The Morgan fingerprint density at radius 3 is 2.59 bits per heavy atom. The lowest BCUT2D eigenvalue weighted by Crippen LogP contribution is -2.15. The molecule has 0 fully saturated rings. The van der Waals surface area contributed by atoms with Crippen molar-refractivity contribution in [3.05, 3.63) is 60.9 Å². The Balaban J connectivity index is 1.74. The maximum Gasteiger partial charge on any atom is 0.522 e. The van der Waals surface area contributed by atoms with Crippen molar-refractivity contribution < 1.29 is 22.3 Å². The van der Waals surface area contributed by atoms with Crippen LogP contribution in [0.3, 0.4) is 0 Å². The van der Waals surface area contributed by atoms with E-state index in [-0.39, 0.29) is 18.8 Å². The van der Waals surface area contributed by atoms with Gasteiger partial charge in [0.15, 0.2) is 0 Å². The molecule has 0 radical (unpaired) electrons. The molecule has 0 aliphatic heterocycles. The third kappa shape index (κ3) is 4.14. The van der Waals surface area contributed by atoms with E-state index in [1.54, 1.807) is 35.4 Å². The summed E-state index contributed by atoms with van der Waals surface area (Å²) in [7, 11) is 0. The number of alkyl halides is 3. The van der Waals surface area contributed by atoms with E-state index >= 15 is 0 Å². The van der Waals surface area contributed by atoms with E-state index in [0.717, 1.165) is 16.6 Å². The Bertz CT molecular complexity index is 1120. The van der Waals surface area contributed by atoms with Crippen molar-refractivity contribution in [1.29, 1.82) is 0 Å². The van der Waals surface area contributed by atoms with Crippen molar-refractivity contribution >= 4 is 11.0 Å². The minimum atomic E-state index is -4.65. The number of fused-ring (bicyclic) bond motifs is 1. The smallest absolute Gasteiger partial charge is 0.346 e. The maximum absolute atomic E-state index is 13.4. The average Bonchev–Trinajstić information content (AvgIpc) is 3.32. The number of pyridine rings is 1. The second-order valence-electron chi connectivity index (χ2n) is 6.39. The largest absolute Gasteiger partial charge is 0.522 e. The van der Waals surface area contributed by atoms with Crippen LogP contribution >= 0.6 is 0 Å². The first-order valence-corrected chi connectivity index (χ1v) is 8.86. The highest BCUT2D eigenvalue weighted by atomic mass is 19.4. The summed E-state index contributed by atoms with van der Waals surface area (Å²) in [6.07, 6.45) is 0.469. The zero-order valence-corrected chi connectivity index (χ0v) is 15.1. The number of halogens is 4. The van der Waals surface area contributed by atoms with Gasteiger partial charge in [0.2, 0.25) is 0 Å². The molecule has 0 saturated carbocycles. The number of aromatic amines is 1. The van der Waals surface area contributed by atoms with Gasteiger partial charge in [-0.1, -0.05) is 0 Å². The van der Waals surface area contributed by atoms with Crippen LogP contribution in [-0.4, -0.2) is 32.5 Å². The van der Waals surface area contributed by atoms with Crippen molar-refractivity contribution in [2.45, 2.75) is 19.3 Å². The fourth-order valence-electron chi connectivity index (χ4n) is 3.24. The van der Waals surface area contributed by atoms with Crippen LogP contribution in [0.5, 0.6) is 0 Å². The molecule has 0 bridgehead atoms. The highest BCUT2D eigenvalue weighted by molar-refractivity contribution is 5.95. The average molecular weight is 404 g/mol. The van der Waals surface area contributed by atoms with Gasteiger partial charge in [0.25, 0.3) is 0 Å². The predicted octanol–water partition coefficient (Wildman–Crippen LogP) is 5.16. The molecule has 4 aromatic rings. The molecule has 3 aromatic heterocycles. The third-order valence-corrected chi connectivity index (χ3v) is 4.48. The molecule has 0 unspecified atom stereocenters. The Kier molecular flexibility index (Phi) is 5.06. The number of hydrogen-bond donors (Lipinski definition) is 1. The van der Waals surface area contributed by atoms with Gasteiger partial charge in [-0.15, -0.1) is 13.2 Å². The first-order valence-electron chi connectivity index (χ1n) is 8.86. The molecule has 0 aliphatic carbocycles. The molecule has 4 rings (SSSR count). The molecule has 5 nitrogen and oxygen atoms in total. The van der Waals surface area contributed by atoms with Gasteiger partial charge < -0.3 is 9.55 Å². The highest BCUT2D eigenvalue weighted by Gasteiger charge is 2.28. The van der Waals surface area contributed by atoms with Crippen molar-refractivity contribution in [2.75, 3.05) is 6.61 Å². The Labute approximate surface area is 163 Å². The zero-order chi connectivity index (χ0) is 20.4. The number of H-pyrrole nitrogens is 1. The van der Waals surface area contributed by atoms with Crippen LogP contribution in [0.1, 0.15) is 6.42 Å². The minimum absolute atomic E-state index is 0.146. The van der Waals surface area contributed by atoms with Gasteiger partial charge in [0, 0.05) is 35.5 Å². The van der Waals surface area contributed by atoms with Crippen LogP contribution in [-0.2, 0) is 11.3 Å². The van der Waals surface area contributed by atoms with E-state index in [4.69, 9.17) is 0 Å². The lowest BCUT2D eigenvalue weighted by molar-refractivity contribution is -0.324. The summed E-state index contributed by atoms with van der Waals surface area (Å²) in [4.78, 5) is 11.8. The molecule has 0 atom stereocenters. The second-order valence-corrected chi connectivity index (χ2v) is 6.39. The van der Waals surface area contributed by atoms with E-state index in [9.17, 15) is 17.6 Å². The van der Waals surface area contributed by atoms with Gasteiger partial charge in [0.1, 0.15) is 11.5 Å². The molecular weight excluding hydrogens is 388 g/mol. The van der Waals surface area contributed by atoms with Crippen LogP contribution < -0.4 is 0 Å². The summed E-state index contributed by atoms with van der Waals surface area (Å²) in [5.41, 5.74) is 3.53. The number of rotatable bonds is 6. The molecular formula is C20H16F4N4O. The predicted molar refractivity (Wildman–Crippen MR) is 99.3 cm³/mol. The Morgan fingerprint density at radius 2 is 1.83 bits per heavy atom. The molecule has 0 saturated heterocycles. The maximum atomic E-state index is 13.4. The van der Waals surface area contributed by atoms with Crippen LogP contribution in [0.15, 0.2) is 55.1 Å². The monoisotopic (exact) mass is 404 g/mol. The van der Waals surface area contributed by atoms with Gasteiger partial charge in [-0.05, 0) is 42.8 Å². The fourth-order valence-corrected chi connectivity index (χ4v) is 3.24. The first-order chi connectivity index (χ1) is 13.9. The Morgan fingerprint density at radius 1 is 1.03 bits per heavy atom. The van der Waals surface area contributed by atoms with Crippen LogP contribution in [0, 0.1) is 5.82 Å². The fraction of sp³-hybridized carbons (Fsp3) is 0.200. The second kappa shape index (κ2) is 7.67. The summed E-state index contributed by atoms with van der Waals surface area (Å²) >= 11 is 0. The van der Waals surface area contributed by atoms with Gasteiger partial charge >= 0.3 is 6.36 Å². The number of nitrogens with one attached hydrogen (secondary N) is 1. The van der Waals surface area contributed by atoms with Gasteiger partial charge in [-0.3, -0.25) is 4.74 Å². The highest BCUT2D eigenvalue weighted by Crippen LogP contribution is 2.35. The quantitative estimate of drug-likeness (QED) is 0.357. The van der Waals surface area contributed by atoms with Crippen molar-refractivity contribution in [1.82, 2.24) is 19.5 Å². The molecule has 0 spiro atoms. The van der Waals surface area contributed by atoms with E-state index in [1.165, 1.54) is 12.1 Å². The number of aryl methyl sites for hydroxylation is 1. The van der Waals surface area contributed by atoms with Gasteiger partial charge in [0.05, 0.1) is 24.3 Å². The van der Waals surface area contributed by atoms with Crippen molar-refractivity contribution in [3.8, 4) is 22.5 Å². The van der Waals surface area contributed by atoms with E-state index in [2.05, 4.69) is 19.7 Å². The van der Waals surface area contributed by atoms with Gasteiger partial charge in [-0.2, -0.15) is 0 Å². The SMILES string of the molecule is Fc1ccc(-c2ncn(CCCOC(F)(F)F)c2-c2ccnc3[nH]ccc23)cc1. The number of benzene rings is 1. The topological polar surface area (TPSA) is 55.7 Å². The van der Waals surface area contributed by atoms with E-state index < -0.39 is 13.0 Å². The van der Waals surface area contributed by atoms with Crippen LogP contribution in [0.25, 0.3) is 33.5 Å². The van der Waals surface area contributed by atoms with Crippen molar-refractivity contribution in [3.63, 3.8) is 0 Å². The molecule has 29 heavy (non-hydrogen) atoms. The summed E-state index contributed by atoms with van der Waals surface area (Å²) in [5.74, 6) is -0.365. The summed E-state index contributed by atoms with van der Waals surface area (Å²) in [5, 5.41) is 0.851. The number of nitrogens with zero attached hydrogens (tertiary/aromatic N) is 3. The number of ether oxygens (including phenoxy) is 1. The summed E-state index contributed by atoms with van der Waals surface area (Å²) in [6, 6.07) is 9.61. The molecule has 150 valence electrons. The number of imidazole rings is 1. The standard InChI is InChI=1S/C20H16F4N4O/c21-14-4-2-13(3-5-14)17-18(15-6-8-25-19-16(15)7-9-26-19)28(12-27-17)10-1-11-29-20(22,23)24/h2-9,12H,1,10-11H2,(H,25,26). The summed E-state index contributed by atoms with van der Waals surface area (Å²) in [6.45, 7) is -0.184. The normalized spacial score (nSPS) is 12.0. The zero-order valence-electron chi connectivity index (χ0n) is 15.1. The number of hydrogen-bond acceptors (Lipinski definition) is 3. The molecule has 1 aromatic carbocycles. The molecule has 1 N–H and O–H groups in total. The Hall–Kier alpha value is -3.20. The van der Waals surface area contributed by atoms with Crippen LogP contribution in [0.2, 0.25) is 0 Å². The lowest BCUT2D eigenvalue weighted by Gasteiger charge is -2.12. The van der Waals surface area contributed by atoms with E-state index in [0.29, 0.717) is 16.9 Å². The first kappa shape index (κ1) is 19.1. The molecule has 0 aliphatic rings. The van der Waals surface area contributed by atoms with Gasteiger partial charge in [-0.25, -0.2) is 14.4 Å². The molecule has 0 amide bonds. The lowest BCUT2D eigenvalue weighted by atomic mass is 10.0. The summed E-state index contributed by atoms with van der Waals surface area (Å²) < 4.78 is 55.7. The van der Waals surface area contributed by atoms with Crippen LogP contribution in [0.4, 0.5) is 17.6 Å². The van der Waals surface area contributed by atoms with E-state index in [1.807, 2.05) is 12.1 Å².